The zero-order chi connectivity index (χ0) is 17.4. The number of hydrogen-bond donors (Lipinski definition) is 0. The number of fused-ring (bicyclic) bond motifs is 1. The summed E-state index contributed by atoms with van der Waals surface area (Å²) in [6, 6.07) is 13.2. The Morgan fingerprint density at radius 1 is 1.00 bits per heavy atom. The van der Waals surface area contributed by atoms with Crippen molar-refractivity contribution in [3.05, 3.63) is 83.3 Å². The van der Waals surface area contributed by atoms with Crippen molar-refractivity contribution in [2.75, 3.05) is 7.11 Å². The molecule has 0 fully saturated rings. The third-order valence-corrected chi connectivity index (χ3v) is 4.01. The largest absolute Gasteiger partial charge is 0.497 e. The van der Waals surface area contributed by atoms with Crippen LogP contribution < -0.4 is 10.3 Å². The highest BCUT2D eigenvalue weighted by atomic mass is 19.1. The zero-order valence-electron chi connectivity index (χ0n) is 13.4. The van der Waals surface area contributed by atoms with E-state index in [0.717, 1.165) is 17.0 Å². The van der Waals surface area contributed by atoms with Gasteiger partial charge in [-0.1, -0.05) is 0 Å². The summed E-state index contributed by atoms with van der Waals surface area (Å²) < 4.78 is 21.4. The first-order valence-electron chi connectivity index (χ1n) is 7.66. The van der Waals surface area contributed by atoms with E-state index in [1.165, 1.54) is 16.7 Å². The van der Waals surface area contributed by atoms with Gasteiger partial charge >= 0.3 is 0 Å². The maximum absolute atomic E-state index is 13.1. The molecule has 0 aliphatic carbocycles. The molecule has 0 amide bonds. The molecule has 4 rings (SSSR count). The van der Waals surface area contributed by atoms with Gasteiger partial charge in [0, 0.05) is 29.8 Å². The number of halogens is 1. The summed E-state index contributed by atoms with van der Waals surface area (Å²) in [7, 11) is 1.59. The van der Waals surface area contributed by atoms with Crippen LogP contribution in [-0.2, 0) is 0 Å². The summed E-state index contributed by atoms with van der Waals surface area (Å²) in [6.07, 6.45) is 5.20. The molecule has 2 heterocycles. The lowest BCUT2D eigenvalue weighted by Gasteiger charge is -2.06. The fraction of sp³-hybridized carbons (Fsp3) is 0.0526. The number of rotatable bonds is 3. The van der Waals surface area contributed by atoms with E-state index in [1.807, 2.05) is 0 Å². The molecule has 0 spiro atoms. The first-order chi connectivity index (χ1) is 12.2. The summed E-state index contributed by atoms with van der Waals surface area (Å²) in [6.45, 7) is 0. The lowest BCUT2D eigenvalue weighted by Crippen LogP contribution is -2.19. The highest BCUT2D eigenvalue weighted by Gasteiger charge is 2.10. The summed E-state index contributed by atoms with van der Waals surface area (Å²) in [5.74, 6) is 0.409. The molecule has 2 aromatic carbocycles. The molecular weight excluding hydrogens is 321 g/mol. The van der Waals surface area contributed by atoms with E-state index >= 15 is 0 Å². The Kier molecular flexibility index (Phi) is 3.57. The van der Waals surface area contributed by atoms with E-state index in [0.29, 0.717) is 11.3 Å². The van der Waals surface area contributed by atoms with Gasteiger partial charge in [-0.2, -0.15) is 0 Å². The Morgan fingerprint density at radius 3 is 2.40 bits per heavy atom. The third kappa shape index (κ3) is 2.67. The van der Waals surface area contributed by atoms with Crippen molar-refractivity contribution in [1.82, 2.24) is 14.0 Å². The average molecular weight is 335 g/mol. The van der Waals surface area contributed by atoms with Gasteiger partial charge in [-0.05, 0) is 48.5 Å². The molecule has 25 heavy (non-hydrogen) atoms. The van der Waals surface area contributed by atoms with Crippen LogP contribution in [0, 0.1) is 5.82 Å². The fourth-order valence-electron chi connectivity index (χ4n) is 2.69. The Labute approximate surface area is 142 Å². The van der Waals surface area contributed by atoms with Crippen LogP contribution in [-0.4, -0.2) is 21.1 Å². The first kappa shape index (κ1) is 15.1. The van der Waals surface area contributed by atoms with Gasteiger partial charge in [-0.25, -0.2) is 9.37 Å². The predicted octanol–water partition coefficient (Wildman–Crippen LogP) is 3.30. The van der Waals surface area contributed by atoms with Crippen LogP contribution in [0.3, 0.4) is 0 Å². The summed E-state index contributed by atoms with van der Waals surface area (Å²) >= 11 is 0. The number of benzene rings is 2. The molecule has 2 aromatic heterocycles. The number of hydrogen-bond acceptors (Lipinski definition) is 3. The molecule has 0 saturated carbocycles. The van der Waals surface area contributed by atoms with Gasteiger partial charge in [0.25, 0.3) is 5.56 Å². The maximum atomic E-state index is 13.1. The molecule has 0 saturated heterocycles. The van der Waals surface area contributed by atoms with Crippen LogP contribution >= 0.6 is 0 Å². The smallest absolute Gasteiger partial charge is 0.298 e. The lowest BCUT2D eigenvalue weighted by atomic mass is 10.2. The van der Waals surface area contributed by atoms with Crippen LogP contribution in [0.5, 0.6) is 5.75 Å². The second-order valence-corrected chi connectivity index (χ2v) is 5.54. The van der Waals surface area contributed by atoms with E-state index < -0.39 is 0 Å². The van der Waals surface area contributed by atoms with Crippen LogP contribution in [0.2, 0.25) is 0 Å². The van der Waals surface area contributed by atoms with Gasteiger partial charge in [-0.3, -0.25) is 9.36 Å². The summed E-state index contributed by atoms with van der Waals surface area (Å²) in [5, 5.41) is 0. The third-order valence-electron chi connectivity index (χ3n) is 4.01. The van der Waals surface area contributed by atoms with Gasteiger partial charge in [0.1, 0.15) is 11.6 Å². The molecule has 0 aliphatic rings. The van der Waals surface area contributed by atoms with E-state index in [1.54, 1.807) is 66.5 Å². The van der Waals surface area contributed by atoms with Crippen molar-refractivity contribution < 1.29 is 9.13 Å². The number of aromatic nitrogens is 3. The molecule has 0 radical (unpaired) electrons. The molecule has 4 aromatic rings. The second kappa shape index (κ2) is 5.90. The molecule has 0 aliphatic heterocycles. The van der Waals surface area contributed by atoms with Crippen LogP contribution in [0.4, 0.5) is 4.39 Å². The number of methoxy groups -OCH3 is 1. The molecule has 0 N–H and O–H groups in total. The molecule has 5 nitrogen and oxygen atoms in total. The minimum absolute atomic E-state index is 0.235. The fourth-order valence-corrected chi connectivity index (χ4v) is 2.69. The van der Waals surface area contributed by atoms with Crippen LogP contribution in [0.1, 0.15) is 0 Å². The lowest BCUT2D eigenvalue weighted by molar-refractivity contribution is 0.414. The Bertz CT molecular complexity index is 1100. The van der Waals surface area contributed by atoms with E-state index in [4.69, 9.17) is 4.74 Å². The molecule has 0 bridgehead atoms. The quantitative estimate of drug-likeness (QED) is 0.577. The van der Waals surface area contributed by atoms with Crippen LogP contribution in [0.25, 0.3) is 22.6 Å². The monoisotopic (exact) mass is 335 g/mol. The minimum Gasteiger partial charge on any atom is -0.497 e. The van der Waals surface area contributed by atoms with Crippen molar-refractivity contribution in [2.45, 2.75) is 0 Å². The van der Waals surface area contributed by atoms with Crippen LogP contribution in [0.15, 0.2) is 71.9 Å². The standard InChI is InChI=1S/C19H14FN3O2/c1-25-16-8-6-15(7-9-16)23-11-10-22-12-17(21-18(22)19(23)24)13-2-4-14(20)5-3-13/h2-12H,1H3. The molecule has 124 valence electrons. The molecule has 0 atom stereocenters. The molecule has 0 unspecified atom stereocenters. The van der Waals surface area contributed by atoms with Gasteiger partial charge in [-0.15, -0.1) is 0 Å². The van der Waals surface area contributed by atoms with Gasteiger partial charge in [0.15, 0.2) is 0 Å². The zero-order valence-corrected chi connectivity index (χ0v) is 13.4. The normalized spacial score (nSPS) is 11.0. The van der Waals surface area contributed by atoms with Crippen molar-refractivity contribution in [3.8, 4) is 22.7 Å². The topological polar surface area (TPSA) is 48.5 Å². The van der Waals surface area contributed by atoms with Gasteiger partial charge < -0.3 is 9.14 Å². The predicted molar refractivity (Wildman–Crippen MR) is 92.7 cm³/mol. The van der Waals surface area contributed by atoms with Gasteiger partial charge in [0.2, 0.25) is 5.65 Å². The Balaban J connectivity index is 1.82. The maximum Gasteiger partial charge on any atom is 0.298 e. The summed E-state index contributed by atoms with van der Waals surface area (Å²) in [5.41, 5.74) is 2.16. The Hall–Kier alpha value is -3.41. The van der Waals surface area contributed by atoms with Crippen molar-refractivity contribution >= 4 is 5.65 Å². The van der Waals surface area contributed by atoms with E-state index in [2.05, 4.69) is 4.98 Å². The number of imidazole rings is 1. The van der Waals surface area contributed by atoms with Crippen molar-refractivity contribution in [2.24, 2.45) is 0 Å². The van der Waals surface area contributed by atoms with Crippen molar-refractivity contribution in [1.29, 1.82) is 0 Å². The van der Waals surface area contributed by atoms with Gasteiger partial charge in [0.05, 0.1) is 12.8 Å². The SMILES string of the molecule is COc1ccc(-n2ccn3cc(-c4ccc(F)cc4)nc3c2=O)cc1. The van der Waals surface area contributed by atoms with E-state index in [-0.39, 0.29) is 11.4 Å². The number of ether oxygens (including phenoxy) is 1. The highest BCUT2D eigenvalue weighted by molar-refractivity contribution is 5.62. The number of nitrogens with zero attached hydrogens (tertiary/aromatic N) is 3. The van der Waals surface area contributed by atoms with Crippen molar-refractivity contribution in [3.63, 3.8) is 0 Å². The second-order valence-electron chi connectivity index (χ2n) is 5.54. The Morgan fingerprint density at radius 2 is 1.72 bits per heavy atom. The molecule has 6 heteroatoms. The summed E-state index contributed by atoms with van der Waals surface area (Å²) in [4.78, 5) is 17.2. The average Bonchev–Trinajstić information content (AvgIpc) is 3.08. The minimum atomic E-state index is -0.311. The molecular formula is C19H14FN3O2. The highest BCUT2D eigenvalue weighted by Crippen LogP contribution is 2.19. The van der Waals surface area contributed by atoms with E-state index in [9.17, 15) is 9.18 Å². The first-order valence-corrected chi connectivity index (χ1v) is 7.66.